The van der Waals surface area contributed by atoms with Crippen molar-refractivity contribution in [3.63, 3.8) is 0 Å². The maximum Gasteiger partial charge on any atom is 0.224 e. The topological polar surface area (TPSA) is 66.9 Å². The highest BCUT2D eigenvalue weighted by Crippen LogP contribution is 2.22. The zero-order chi connectivity index (χ0) is 12.3. The Morgan fingerprint density at radius 3 is 2.82 bits per heavy atom. The Hall–Kier alpha value is -0.880. The summed E-state index contributed by atoms with van der Waals surface area (Å²) in [6.07, 6.45) is 3.35. The molecule has 5 nitrogen and oxygen atoms in total. The number of hydrogen-bond acceptors (Lipinski definition) is 5. The first-order chi connectivity index (χ1) is 8.19. The van der Waals surface area contributed by atoms with E-state index in [2.05, 4.69) is 20.6 Å². The second kappa shape index (κ2) is 5.64. The van der Waals surface area contributed by atoms with E-state index in [1.165, 1.54) is 0 Å². The van der Waals surface area contributed by atoms with Crippen LogP contribution in [-0.4, -0.2) is 38.8 Å². The molecule has 7 heteroatoms. The number of nitrogens with zero attached hydrogens (tertiary/aromatic N) is 2. The molecule has 2 N–H and O–H groups in total. The molecule has 0 saturated carbocycles. The first-order valence-corrected chi connectivity index (χ1v) is 7.37. The fraction of sp³-hybridized carbons (Fsp3) is 0.600. The highest BCUT2D eigenvalue weighted by Gasteiger charge is 2.19. The Balaban J connectivity index is 2.04. The lowest BCUT2D eigenvalue weighted by atomic mass is 10.1. The predicted molar refractivity (Wildman–Crippen MR) is 71.1 cm³/mol. The average molecular weight is 275 g/mol. The van der Waals surface area contributed by atoms with Crippen LogP contribution in [0.15, 0.2) is 6.20 Å². The van der Waals surface area contributed by atoms with Gasteiger partial charge in [0.25, 0.3) is 0 Å². The van der Waals surface area contributed by atoms with Crippen molar-refractivity contribution in [2.75, 3.05) is 29.2 Å². The third kappa shape index (κ3) is 3.29. The quantitative estimate of drug-likeness (QED) is 0.874. The van der Waals surface area contributed by atoms with Gasteiger partial charge in [0.05, 0.1) is 6.20 Å². The normalized spacial score (nSPS) is 24.4. The molecular formula is C10H15ClN4OS. The largest absolute Gasteiger partial charge is 0.366 e. The molecule has 17 heavy (non-hydrogen) atoms. The fourth-order valence-electron chi connectivity index (χ4n) is 1.72. The van der Waals surface area contributed by atoms with E-state index in [0.29, 0.717) is 22.8 Å². The molecule has 0 spiro atoms. The Labute approximate surface area is 108 Å². The van der Waals surface area contributed by atoms with Crippen molar-refractivity contribution in [1.82, 2.24) is 9.97 Å². The minimum Gasteiger partial charge on any atom is -0.366 e. The summed E-state index contributed by atoms with van der Waals surface area (Å²) in [5.74, 6) is 2.68. The van der Waals surface area contributed by atoms with E-state index < -0.39 is 10.8 Å². The van der Waals surface area contributed by atoms with Gasteiger partial charge in [0, 0.05) is 35.4 Å². The molecule has 1 aromatic rings. The Morgan fingerprint density at radius 2 is 2.18 bits per heavy atom. The van der Waals surface area contributed by atoms with E-state index in [1.807, 2.05) is 0 Å². The maximum absolute atomic E-state index is 11.3. The van der Waals surface area contributed by atoms with Crippen LogP contribution < -0.4 is 10.6 Å². The molecule has 0 radical (unpaired) electrons. The van der Waals surface area contributed by atoms with Gasteiger partial charge in [-0.15, -0.1) is 0 Å². The standard InChI is InChI=1S/C10H15ClN4OS/c1-12-10-13-6-8(11)9(15-10)14-7-2-4-17(16)5-3-7/h6-7H,2-5H2,1H3,(H2,12,13,14,15). The van der Waals surface area contributed by atoms with E-state index in [4.69, 9.17) is 11.6 Å². The van der Waals surface area contributed by atoms with Crippen LogP contribution in [0.4, 0.5) is 11.8 Å². The van der Waals surface area contributed by atoms with Gasteiger partial charge in [-0.2, -0.15) is 4.98 Å². The summed E-state index contributed by atoms with van der Waals surface area (Å²) in [6.45, 7) is 0. The number of hydrogen-bond donors (Lipinski definition) is 2. The SMILES string of the molecule is CNc1ncc(Cl)c(NC2CCS(=O)CC2)n1. The fourth-order valence-corrected chi connectivity index (χ4v) is 3.16. The zero-order valence-corrected chi connectivity index (χ0v) is 11.1. The average Bonchev–Trinajstić information content (AvgIpc) is 2.35. The number of nitrogens with one attached hydrogen (secondary N) is 2. The molecule has 0 amide bonds. The minimum atomic E-state index is -0.648. The molecule has 2 heterocycles. The highest BCUT2D eigenvalue weighted by molar-refractivity contribution is 7.85. The first-order valence-electron chi connectivity index (χ1n) is 5.51. The maximum atomic E-state index is 11.3. The Morgan fingerprint density at radius 1 is 1.47 bits per heavy atom. The smallest absolute Gasteiger partial charge is 0.224 e. The molecule has 0 aliphatic carbocycles. The van der Waals surface area contributed by atoms with Crippen molar-refractivity contribution >= 4 is 34.2 Å². The highest BCUT2D eigenvalue weighted by atomic mass is 35.5. The molecule has 1 saturated heterocycles. The summed E-state index contributed by atoms with van der Waals surface area (Å²) in [4.78, 5) is 8.28. The van der Waals surface area contributed by atoms with Crippen LogP contribution in [0, 0.1) is 0 Å². The third-order valence-electron chi connectivity index (χ3n) is 2.70. The van der Waals surface area contributed by atoms with Crippen molar-refractivity contribution < 1.29 is 4.21 Å². The van der Waals surface area contributed by atoms with Crippen molar-refractivity contribution in [3.8, 4) is 0 Å². The summed E-state index contributed by atoms with van der Waals surface area (Å²) >= 11 is 6.03. The van der Waals surface area contributed by atoms with E-state index in [1.54, 1.807) is 13.2 Å². The molecule has 1 fully saturated rings. The molecule has 94 valence electrons. The minimum absolute atomic E-state index is 0.296. The molecule has 1 aromatic heterocycles. The molecule has 0 bridgehead atoms. The van der Waals surface area contributed by atoms with Gasteiger partial charge < -0.3 is 10.6 Å². The van der Waals surface area contributed by atoms with Crippen LogP contribution in [0.3, 0.4) is 0 Å². The Kier molecular flexibility index (Phi) is 4.17. The van der Waals surface area contributed by atoms with Crippen molar-refractivity contribution in [2.45, 2.75) is 18.9 Å². The molecular weight excluding hydrogens is 260 g/mol. The lowest BCUT2D eigenvalue weighted by Gasteiger charge is -2.23. The van der Waals surface area contributed by atoms with Crippen LogP contribution in [0.1, 0.15) is 12.8 Å². The predicted octanol–water partition coefficient (Wildman–Crippen LogP) is 1.49. The van der Waals surface area contributed by atoms with Crippen LogP contribution in [0.5, 0.6) is 0 Å². The van der Waals surface area contributed by atoms with Crippen LogP contribution in [-0.2, 0) is 10.8 Å². The van der Waals surface area contributed by atoms with Gasteiger partial charge in [-0.3, -0.25) is 4.21 Å². The number of rotatable bonds is 3. The zero-order valence-electron chi connectivity index (χ0n) is 9.57. The molecule has 2 rings (SSSR count). The summed E-state index contributed by atoms with van der Waals surface area (Å²) in [7, 11) is 1.11. The van der Waals surface area contributed by atoms with E-state index in [-0.39, 0.29) is 0 Å². The van der Waals surface area contributed by atoms with Crippen molar-refractivity contribution in [2.24, 2.45) is 0 Å². The third-order valence-corrected chi connectivity index (χ3v) is 4.36. The number of anilines is 2. The van der Waals surface area contributed by atoms with Gasteiger partial charge in [0.2, 0.25) is 5.95 Å². The lowest BCUT2D eigenvalue weighted by Crippen LogP contribution is -2.29. The van der Waals surface area contributed by atoms with Crippen molar-refractivity contribution in [3.05, 3.63) is 11.2 Å². The molecule has 0 atom stereocenters. The number of aromatic nitrogens is 2. The van der Waals surface area contributed by atoms with E-state index >= 15 is 0 Å². The van der Waals surface area contributed by atoms with E-state index in [9.17, 15) is 4.21 Å². The summed E-state index contributed by atoms with van der Waals surface area (Å²) in [6, 6.07) is 0.296. The van der Waals surface area contributed by atoms with Crippen LogP contribution >= 0.6 is 11.6 Å². The van der Waals surface area contributed by atoms with Gasteiger partial charge >= 0.3 is 0 Å². The summed E-state index contributed by atoms with van der Waals surface area (Å²) < 4.78 is 11.3. The molecule has 0 aromatic carbocycles. The summed E-state index contributed by atoms with van der Waals surface area (Å²) in [5, 5.41) is 6.67. The summed E-state index contributed by atoms with van der Waals surface area (Å²) in [5.41, 5.74) is 0. The van der Waals surface area contributed by atoms with Gasteiger partial charge in [-0.1, -0.05) is 11.6 Å². The second-order valence-corrected chi connectivity index (χ2v) is 6.01. The Bertz CT molecular complexity index is 419. The second-order valence-electron chi connectivity index (χ2n) is 3.91. The van der Waals surface area contributed by atoms with Gasteiger partial charge in [-0.25, -0.2) is 4.98 Å². The van der Waals surface area contributed by atoms with E-state index in [0.717, 1.165) is 24.3 Å². The number of halogens is 1. The lowest BCUT2D eigenvalue weighted by molar-refractivity contribution is 0.622. The van der Waals surface area contributed by atoms with Gasteiger partial charge in [-0.05, 0) is 12.8 Å². The van der Waals surface area contributed by atoms with Crippen LogP contribution in [0.25, 0.3) is 0 Å². The van der Waals surface area contributed by atoms with Crippen LogP contribution in [0.2, 0.25) is 5.02 Å². The molecule has 0 unspecified atom stereocenters. The first kappa shape index (κ1) is 12.6. The molecule has 1 aliphatic heterocycles. The van der Waals surface area contributed by atoms with Crippen molar-refractivity contribution in [1.29, 1.82) is 0 Å². The monoisotopic (exact) mass is 274 g/mol. The molecule has 1 aliphatic rings. The van der Waals surface area contributed by atoms with Gasteiger partial charge in [0.15, 0.2) is 5.82 Å². The van der Waals surface area contributed by atoms with Gasteiger partial charge in [0.1, 0.15) is 5.02 Å².